The molecule has 21 heavy (non-hydrogen) atoms. The molecule has 2 unspecified atom stereocenters. The van der Waals surface area contributed by atoms with Crippen LogP contribution in [0.15, 0.2) is 28.3 Å². The van der Waals surface area contributed by atoms with Crippen LogP contribution in [0.1, 0.15) is 49.7 Å². The zero-order valence-electron chi connectivity index (χ0n) is 12.4. The molecule has 2 fully saturated rings. The summed E-state index contributed by atoms with van der Waals surface area (Å²) in [5.74, 6) is 0.989. The van der Waals surface area contributed by atoms with E-state index in [0.29, 0.717) is 30.2 Å². The van der Waals surface area contributed by atoms with Crippen molar-refractivity contribution in [2.45, 2.75) is 50.6 Å². The van der Waals surface area contributed by atoms with Crippen molar-refractivity contribution < 1.29 is 4.79 Å². The Morgan fingerprint density at radius 3 is 2.76 bits per heavy atom. The van der Waals surface area contributed by atoms with Crippen molar-refractivity contribution in [1.29, 1.82) is 0 Å². The second kappa shape index (κ2) is 6.61. The first-order valence-electron chi connectivity index (χ1n) is 7.88. The van der Waals surface area contributed by atoms with E-state index in [1.807, 2.05) is 11.0 Å². The van der Waals surface area contributed by atoms with Crippen molar-refractivity contribution in [1.82, 2.24) is 5.32 Å². The van der Waals surface area contributed by atoms with Gasteiger partial charge in [0, 0.05) is 24.4 Å². The van der Waals surface area contributed by atoms with E-state index in [4.69, 9.17) is 0 Å². The first-order chi connectivity index (χ1) is 10.2. The third-order valence-electron chi connectivity index (χ3n) is 5.02. The highest BCUT2D eigenvalue weighted by molar-refractivity contribution is 14.1. The SMILES string of the molecule is CCC(=O)[C@@H]1C2CCC(C[C@@H]1c1ccc(/C=C/I)cc1)N2. The highest BCUT2D eigenvalue weighted by Crippen LogP contribution is 2.42. The Labute approximate surface area is 140 Å². The molecule has 112 valence electrons. The lowest BCUT2D eigenvalue weighted by Gasteiger charge is -2.37. The van der Waals surface area contributed by atoms with Gasteiger partial charge in [0.05, 0.1) is 0 Å². The minimum Gasteiger partial charge on any atom is -0.310 e. The zero-order chi connectivity index (χ0) is 14.8. The van der Waals surface area contributed by atoms with Crippen LogP contribution in [0.3, 0.4) is 0 Å². The van der Waals surface area contributed by atoms with Gasteiger partial charge >= 0.3 is 0 Å². The van der Waals surface area contributed by atoms with Gasteiger partial charge in [-0.25, -0.2) is 0 Å². The lowest BCUT2D eigenvalue weighted by molar-refractivity contribution is -0.124. The number of Topliss-reactive ketones (excluding diaryl/α,β-unsaturated/α-hetero) is 1. The molecule has 3 rings (SSSR count). The van der Waals surface area contributed by atoms with Crippen LogP contribution in [0, 0.1) is 5.92 Å². The van der Waals surface area contributed by atoms with E-state index < -0.39 is 0 Å². The van der Waals surface area contributed by atoms with Crippen LogP contribution < -0.4 is 5.32 Å². The van der Waals surface area contributed by atoms with Crippen molar-refractivity contribution in [2.75, 3.05) is 0 Å². The maximum atomic E-state index is 12.5. The molecule has 0 aliphatic carbocycles. The van der Waals surface area contributed by atoms with Gasteiger partial charge in [-0.1, -0.05) is 53.8 Å². The molecule has 0 saturated carbocycles. The van der Waals surface area contributed by atoms with Gasteiger partial charge in [-0.15, -0.1) is 0 Å². The van der Waals surface area contributed by atoms with Gasteiger partial charge in [0.15, 0.2) is 0 Å². The van der Waals surface area contributed by atoms with Crippen molar-refractivity contribution >= 4 is 34.5 Å². The third-order valence-corrected chi connectivity index (χ3v) is 5.38. The van der Waals surface area contributed by atoms with Gasteiger partial charge in [-0.05, 0) is 46.5 Å². The highest BCUT2D eigenvalue weighted by atomic mass is 127. The monoisotopic (exact) mass is 395 g/mol. The Hall–Kier alpha value is -0.680. The summed E-state index contributed by atoms with van der Waals surface area (Å²) < 4.78 is 2.03. The Morgan fingerprint density at radius 2 is 2.10 bits per heavy atom. The van der Waals surface area contributed by atoms with E-state index in [1.54, 1.807) is 0 Å². The predicted octanol–water partition coefficient (Wildman–Crippen LogP) is 4.30. The van der Waals surface area contributed by atoms with Crippen LogP contribution >= 0.6 is 22.6 Å². The van der Waals surface area contributed by atoms with Crippen molar-refractivity contribution in [3.05, 3.63) is 39.5 Å². The molecule has 0 amide bonds. The number of benzene rings is 1. The predicted molar refractivity (Wildman–Crippen MR) is 95.6 cm³/mol. The Bertz CT molecular complexity index is 537. The standard InChI is InChI=1S/C18H22INO/c1-2-17(21)18-15(11-14-7-8-16(18)20-14)13-5-3-12(4-6-13)9-10-19/h3-6,9-10,14-16,18,20H,2,7-8,11H2,1H3/b10-9+/t14?,15-,16?,18+/m1/s1. The molecule has 2 saturated heterocycles. The maximum Gasteiger partial charge on any atom is 0.137 e. The molecule has 2 bridgehead atoms. The minimum atomic E-state index is 0.166. The van der Waals surface area contributed by atoms with Crippen LogP contribution in [-0.2, 0) is 4.79 Å². The maximum absolute atomic E-state index is 12.5. The summed E-state index contributed by atoms with van der Waals surface area (Å²) in [4.78, 5) is 12.5. The Morgan fingerprint density at radius 1 is 1.33 bits per heavy atom. The summed E-state index contributed by atoms with van der Waals surface area (Å²) in [6, 6.07) is 9.78. The second-order valence-corrected chi connectivity index (χ2v) is 6.91. The lowest BCUT2D eigenvalue weighted by atomic mass is 9.74. The molecule has 2 aliphatic rings. The van der Waals surface area contributed by atoms with Crippen LogP contribution in [0.5, 0.6) is 0 Å². The molecule has 2 aliphatic heterocycles. The number of hydrogen-bond acceptors (Lipinski definition) is 2. The number of hydrogen-bond donors (Lipinski definition) is 1. The largest absolute Gasteiger partial charge is 0.310 e. The van der Waals surface area contributed by atoms with Gasteiger partial charge in [-0.2, -0.15) is 0 Å². The molecule has 4 atom stereocenters. The average Bonchev–Trinajstić information content (AvgIpc) is 2.89. The van der Waals surface area contributed by atoms with Gasteiger partial charge in [0.1, 0.15) is 5.78 Å². The number of ketones is 1. The summed E-state index contributed by atoms with van der Waals surface area (Å²) in [6.07, 6.45) is 6.25. The normalized spacial score (nSPS) is 31.7. The number of fused-ring (bicyclic) bond motifs is 2. The number of piperidine rings is 1. The topological polar surface area (TPSA) is 29.1 Å². The number of nitrogens with one attached hydrogen (secondary N) is 1. The summed E-state index contributed by atoms with van der Waals surface area (Å²) in [7, 11) is 0. The van der Waals surface area contributed by atoms with Gasteiger partial charge in [0.25, 0.3) is 0 Å². The number of rotatable bonds is 4. The fraction of sp³-hybridized carbons (Fsp3) is 0.500. The summed E-state index contributed by atoms with van der Waals surface area (Å²) >= 11 is 2.24. The van der Waals surface area contributed by atoms with E-state index in [0.717, 1.165) is 12.8 Å². The van der Waals surface area contributed by atoms with E-state index >= 15 is 0 Å². The number of carbonyl (C=O) groups excluding carboxylic acids is 1. The summed E-state index contributed by atoms with van der Waals surface area (Å²) in [5.41, 5.74) is 2.56. The molecule has 2 heterocycles. The molecule has 2 nitrogen and oxygen atoms in total. The minimum absolute atomic E-state index is 0.166. The van der Waals surface area contributed by atoms with Crippen molar-refractivity contribution in [2.24, 2.45) is 5.92 Å². The summed E-state index contributed by atoms with van der Waals surface area (Å²) in [5, 5.41) is 3.65. The second-order valence-electron chi connectivity index (χ2n) is 6.19. The molecule has 3 heteroatoms. The van der Waals surface area contributed by atoms with Gasteiger partial charge < -0.3 is 5.32 Å². The fourth-order valence-electron chi connectivity index (χ4n) is 4.01. The third kappa shape index (κ3) is 3.09. The average molecular weight is 395 g/mol. The van der Waals surface area contributed by atoms with Gasteiger partial charge in [-0.3, -0.25) is 4.79 Å². The smallest absolute Gasteiger partial charge is 0.137 e. The van der Waals surface area contributed by atoms with Crippen LogP contribution in [0.2, 0.25) is 0 Å². The van der Waals surface area contributed by atoms with E-state index in [-0.39, 0.29) is 5.92 Å². The lowest BCUT2D eigenvalue weighted by Crippen LogP contribution is -2.47. The number of halogens is 1. The highest BCUT2D eigenvalue weighted by Gasteiger charge is 2.44. The van der Waals surface area contributed by atoms with Gasteiger partial charge in [0.2, 0.25) is 0 Å². The van der Waals surface area contributed by atoms with Crippen molar-refractivity contribution in [3.8, 4) is 0 Å². The van der Waals surface area contributed by atoms with E-state index in [1.165, 1.54) is 17.5 Å². The van der Waals surface area contributed by atoms with E-state index in [9.17, 15) is 4.79 Å². The molecule has 1 aromatic rings. The van der Waals surface area contributed by atoms with Crippen LogP contribution in [0.25, 0.3) is 6.08 Å². The first-order valence-corrected chi connectivity index (χ1v) is 9.13. The quantitative estimate of drug-likeness (QED) is 0.771. The number of carbonyl (C=O) groups is 1. The Balaban J connectivity index is 1.88. The Kier molecular flexibility index (Phi) is 4.79. The molecule has 1 aromatic carbocycles. The zero-order valence-corrected chi connectivity index (χ0v) is 14.5. The molecular weight excluding hydrogens is 373 g/mol. The molecule has 1 N–H and O–H groups in total. The van der Waals surface area contributed by atoms with Crippen LogP contribution in [-0.4, -0.2) is 17.9 Å². The molecule has 0 radical (unpaired) electrons. The fourth-order valence-corrected chi connectivity index (χ4v) is 4.42. The molecule has 0 aromatic heterocycles. The first kappa shape index (κ1) is 15.2. The molecule has 0 spiro atoms. The molecular formula is C18H22INO. The van der Waals surface area contributed by atoms with Crippen molar-refractivity contribution in [3.63, 3.8) is 0 Å². The van der Waals surface area contributed by atoms with Crippen LogP contribution in [0.4, 0.5) is 0 Å². The summed E-state index contributed by atoms with van der Waals surface area (Å²) in [6.45, 7) is 1.99. The van der Waals surface area contributed by atoms with E-state index in [2.05, 4.69) is 58.2 Å².